The summed E-state index contributed by atoms with van der Waals surface area (Å²) in [7, 11) is 0. The second-order valence-electron chi connectivity index (χ2n) is 5.06. The molecule has 0 radical (unpaired) electrons. The van der Waals surface area contributed by atoms with Crippen LogP contribution in [0.1, 0.15) is 16.7 Å². The molecular formula is C17H15F4NO. The molecule has 1 amide bonds. The third-order valence-electron chi connectivity index (χ3n) is 3.32. The molecule has 1 N–H and O–H groups in total. The van der Waals surface area contributed by atoms with Crippen molar-refractivity contribution in [1.82, 2.24) is 5.32 Å². The third-order valence-corrected chi connectivity index (χ3v) is 3.32. The van der Waals surface area contributed by atoms with E-state index in [1.165, 1.54) is 18.2 Å². The molecule has 122 valence electrons. The van der Waals surface area contributed by atoms with E-state index in [1.54, 1.807) is 18.2 Å². The second kappa shape index (κ2) is 7.26. The zero-order valence-corrected chi connectivity index (χ0v) is 12.2. The number of hydrogen-bond acceptors (Lipinski definition) is 1. The standard InChI is InChI=1S/C17H15F4NO/c18-15-4-2-1-3-13(15)9-10-22-16(23)11-12-5-7-14(8-6-12)17(19,20)21/h1-8H,9-11H2,(H,22,23). The Bertz CT molecular complexity index is 665. The molecule has 0 saturated carbocycles. The van der Waals surface area contributed by atoms with Crippen molar-refractivity contribution < 1.29 is 22.4 Å². The monoisotopic (exact) mass is 325 g/mol. The number of nitrogens with one attached hydrogen (secondary N) is 1. The summed E-state index contributed by atoms with van der Waals surface area (Å²) in [5, 5.41) is 2.62. The van der Waals surface area contributed by atoms with Crippen LogP contribution in [-0.2, 0) is 23.8 Å². The van der Waals surface area contributed by atoms with Crippen molar-refractivity contribution >= 4 is 5.91 Å². The molecule has 2 aromatic carbocycles. The van der Waals surface area contributed by atoms with Gasteiger partial charge in [0.15, 0.2) is 0 Å². The van der Waals surface area contributed by atoms with Gasteiger partial charge in [-0.3, -0.25) is 4.79 Å². The van der Waals surface area contributed by atoms with Crippen LogP contribution in [0.15, 0.2) is 48.5 Å². The summed E-state index contributed by atoms with van der Waals surface area (Å²) < 4.78 is 50.7. The molecule has 0 aliphatic rings. The molecule has 0 saturated heterocycles. The van der Waals surface area contributed by atoms with E-state index in [4.69, 9.17) is 0 Å². The van der Waals surface area contributed by atoms with Gasteiger partial charge in [0.2, 0.25) is 5.91 Å². The van der Waals surface area contributed by atoms with E-state index < -0.39 is 11.7 Å². The van der Waals surface area contributed by atoms with Gasteiger partial charge < -0.3 is 5.32 Å². The normalized spacial score (nSPS) is 11.3. The van der Waals surface area contributed by atoms with E-state index in [9.17, 15) is 22.4 Å². The SMILES string of the molecule is O=C(Cc1ccc(C(F)(F)F)cc1)NCCc1ccccc1F. The van der Waals surface area contributed by atoms with Gasteiger partial charge in [0.25, 0.3) is 0 Å². The average Bonchev–Trinajstić information content (AvgIpc) is 2.49. The van der Waals surface area contributed by atoms with Crippen LogP contribution in [-0.4, -0.2) is 12.5 Å². The lowest BCUT2D eigenvalue weighted by Gasteiger charge is -2.08. The van der Waals surface area contributed by atoms with Crippen LogP contribution in [0.25, 0.3) is 0 Å². The second-order valence-corrected chi connectivity index (χ2v) is 5.06. The molecule has 23 heavy (non-hydrogen) atoms. The van der Waals surface area contributed by atoms with Crippen LogP contribution in [0.5, 0.6) is 0 Å². The minimum atomic E-state index is -4.39. The Morgan fingerprint density at radius 3 is 2.26 bits per heavy atom. The predicted octanol–water partition coefficient (Wildman–Crippen LogP) is 3.75. The minimum absolute atomic E-state index is 0.0184. The number of rotatable bonds is 5. The summed E-state index contributed by atoms with van der Waals surface area (Å²) in [5.41, 5.74) is 0.241. The first-order chi connectivity index (χ1) is 10.9. The molecule has 2 rings (SSSR count). The number of alkyl halides is 3. The molecule has 0 aliphatic carbocycles. The Hall–Kier alpha value is -2.37. The largest absolute Gasteiger partial charge is 0.416 e. The highest BCUT2D eigenvalue weighted by molar-refractivity contribution is 5.78. The number of carbonyl (C=O) groups excluding carboxylic acids is 1. The Morgan fingerprint density at radius 1 is 1.00 bits per heavy atom. The summed E-state index contributed by atoms with van der Waals surface area (Å²) in [6.07, 6.45) is -4.05. The zero-order chi connectivity index (χ0) is 16.9. The first-order valence-corrected chi connectivity index (χ1v) is 7.02. The molecular weight excluding hydrogens is 310 g/mol. The number of benzene rings is 2. The molecule has 0 fully saturated rings. The van der Waals surface area contributed by atoms with Crippen molar-refractivity contribution in [2.75, 3.05) is 6.54 Å². The number of hydrogen-bond donors (Lipinski definition) is 1. The number of halogens is 4. The maximum Gasteiger partial charge on any atom is 0.416 e. The van der Waals surface area contributed by atoms with Crippen LogP contribution < -0.4 is 5.32 Å². The number of carbonyl (C=O) groups is 1. The van der Waals surface area contributed by atoms with E-state index >= 15 is 0 Å². The lowest BCUT2D eigenvalue weighted by Crippen LogP contribution is -2.27. The highest BCUT2D eigenvalue weighted by Crippen LogP contribution is 2.29. The van der Waals surface area contributed by atoms with Crippen molar-refractivity contribution in [3.05, 3.63) is 71.0 Å². The van der Waals surface area contributed by atoms with E-state index in [1.807, 2.05) is 0 Å². The molecule has 0 unspecified atom stereocenters. The lowest BCUT2D eigenvalue weighted by molar-refractivity contribution is -0.137. The van der Waals surface area contributed by atoms with Crippen LogP contribution in [0.4, 0.5) is 17.6 Å². The smallest absolute Gasteiger partial charge is 0.355 e. The van der Waals surface area contributed by atoms with E-state index in [2.05, 4.69) is 5.32 Å². The fourth-order valence-electron chi connectivity index (χ4n) is 2.10. The Labute approximate surface area is 131 Å². The Morgan fingerprint density at radius 2 is 1.65 bits per heavy atom. The Balaban J connectivity index is 1.82. The van der Waals surface area contributed by atoms with Crippen LogP contribution in [0, 0.1) is 5.82 Å². The molecule has 0 aromatic heterocycles. The predicted molar refractivity (Wildman–Crippen MR) is 78.3 cm³/mol. The summed E-state index contributed by atoms with van der Waals surface area (Å²) in [6.45, 7) is 0.264. The first-order valence-electron chi connectivity index (χ1n) is 7.02. The summed E-state index contributed by atoms with van der Waals surface area (Å²) >= 11 is 0. The molecule has 0 heterocycles. The van der Waals surface area contributed by atoms with Gasteiger partial charge in [-0.15, -0.1) is 0 Å². The fraction of sp³-hybridized carbons (Fsp3) is 0.235. The first kappa shape index (κ1) is 17.0. The van der Waals surface area contributed by atoms with Crippen molar-refractivity contribution in [2.45, 2.75) is 19.0 Å². The van der Waals surface area contributed by atoms with Gasteiger partial charge in [0.05, 0.1) is 12.0 Å². The average molecular weight is 325 g/mol. The van der Waals surface area contributed by atoms with E-state index in [0.29, 0.717) is 17.5 Å². The van der Waals surface area contributed by atoms with Crippen molar-refractivity contribution in [2.24, 2.45) is 0 Å². The molecule has 0 spiro atoms. The molecule has 0 bridgehead atoms. The van der Waals surface area contributed by atoms with Gasteiger partial charge in [0, 0.05) is 6.54 Å². The molecule has 2 nitrogen and oxygen atoms in total. The topological polar surface area (TPSA) is 29.1 Å². The van der Waals surface area contributed by atoms with Gasteiger partial charge in [-0.1, -0.05) is 30.3 Å². The van der Waals surface area contributed by atoms with Crippen LogP contribution in [0.3, 0.4) is 0 Å². The minimum Gasteiger partial charge on any atom is -0.355 e. The molecule has 0 atom stereocenters. The van der Waals surface area contributed by atoms with Gasteiger partial charge in [-0.2, -0.15) is 13.2 Å². The van der Waals surface area contributed by atoms with E-state index in [0.717, 1.165) is 12.1 Å². The highest BCUT2D eigenvalue weighted by Gasteiger charge is 2.29. The van der Waals surface area contributed by atoms with Crippen molar-refractivity contribution in [3.63, 3.8) is 0 Å². The lowest BCUT2D eigenvalue weighted by atomic mass is 10.1. The fourth-order valence-corrected chi connectivity index (χ4v) is 2.10. The molecule has 6 heteroatoms. The van der Waals surface area contributed by atoms with Gasteiger partial charge in [0.1, 0.15) is 5.82 Å². The molecule has 2 aromatic rings. The number of amides is 1. The van der Waals surface area contributed by atoms with Gasteiger partial charge in [-0.25, -0.2) is 4.39 Å². The van der Waals surface area contributed by atoms with Crippen LogP contribution >= 0.6 is 0 Å². The summed E-state index contributed by atoms with van der Waals surface area (Å²) in [4.78, 5) is 11.7. The van der Waals surface area contributed by atoms with Gasteiger partial charge >= 0.3 is 6.18 Å². The summed E-state index contributed by atoms with van der Waals surface area (Å²) in [5.74, 6) is -0.648. The van der Waals surface area contributed by atoms with Gasteiger partial charge in [-0.05, 0) is 35.7 Å². The zero-order valence-electron chi connectivity index (χ0n) is 12.2. The third kappa shape index (κ3) is 5.09. The highest BCUT2D eigenvalue weighted by atomic mass is 19.4. The maximum atomic E-state index is 13.4. The quantitative estimate of drug-likeness (QED) is 0.834. The maximum absolute atomic E-state index is 13.4. The molecule has 0 aliphatic heterocycles. The van der Waals surface area contributed by atoms with E-state index in [-0.39, 0.29) is 24.7 Å². The van der Waals surface area contributed by atoms with Crippen molar-refractivity contribution in [1.29, 1.82) is 0 Å². The van der Waals surface area contributed by atoms with Crippen molar-refractivity contribution in [3.8, 4) is 0 Å². The van der Waals surface area contributed by atoms with Crippen LogP contribution in [0.2, 0.25) is 0 Å². The summed E-state index contributed by atoms with van der Waals surface area (Å²) in [6, 6.07) is 10.7. The Kier molecular flexibility index (Phi) is 5.36.